The van der Waals surface area contributed by atoms with Crippen molar-refractivity contribution in [3.8, 4) is 0 Å². The van der Waals surface area contributed by atoms with Crippen molar-refractivity contribution in [3.63, 3.8) is 0 Å². The zero-order chi connectivity index (χ0) is 16.3. The molecule has 1 saturated heterocycles. The summed E-state index contributed by atoms with van der Waals surface area (Å²) in [6.07, 6.45) is 5.60. The van der Waals surface area contributed by atoms with Gasteiger partial charge in [-0.25, -0.2) is 0 Å². The van der Waals surface area contributed by atoms with Gasteiger partial charge in [-0.3, -0.25) is 14.3 Å². The van der Waals surface area contributed by atoms with Crippen molar-refractivity contribution in [2.75, 3.05) is 19.8 Å². The molecule has 1 aromatic rings. The first-order valence-electron chi connectivity index (χ1n) is 7.85. The molecule has 2 amide bonds. The number of nitrogens with one attached hydrogen (secondary N) is 1. The van der Waals surface area contributed by atoms with Crippen LogP contribution in [0.5, 0.6) is 0 Å². The Hall–Kier alpha value is -1.93. The molecule has 2 heterocycles. The van der Waals surface area contributed by atoms with E-state index < -0.39 is 5.91 Å². The number of carbonyl (C=O) groups is 2. The highest BCUT2D eigenvalue weighted by atomic mass is 16.5. The van der Waals surface area contributed by atoms with E-state index in [1.54, 1.807) is 10.9 Å². The first-order chi connectivity index (χ1) is 11.1. The summed E-state index contributed by atoms with van der Waals surface area (Å²) in [4.78, 5) is 23.5. The molecule has 23 heavy (non-hydrogen) atoms. The van der Waals surface area contributed by atoms with Gasteiger partial charge in [0, 0.05) is 19.0 Å². The SMILES string of the molecule is NC(=O)CO[C@@H]1COCC[C@H]1NC(=O)C1(Cn2cccn2)CC1. The fourth-order valence-electron chi connectivity index (χ4n) is 2.86. The van der Waals surface area contributed by atoms with Gasteiger partial charge in [0.05, 0.1) is 24.6 Å². The molecule has 0 spiro atoms. The van der Waals surface area contributed by atoms with E-state index in [9.17, 15) is 9.59 Å². The molecule has 3 rings (SSSR count). The van der Waals surface area contributed by atoms with Gasteiger partial charge < -0.3 is 20.5 Å². The average Bonchev–Trinajstić information content (AvgIpc) is 3.13. The second kappa shape index (κ2) is 6.67. The van der Waals surface area contributed by atoms with E-state index >= 15 is 0 Å². The average molecular weight is 322 g/mol. The molecule has 8 nitrogen and oxygen atoms in total. The maximum atomic E-state index is 12.7. The van der Waals surface area contributed by atoms with Gasteiger partial charge in [0.2, 0.25) is 11.8 Å². The summed E-state index contributed by atoms with van der Waals surface area (Å²) in [5.41, 5.74) is 4.73. The predicted molar refractivity (Wildman–Crippen MR) is 80.2 cm³/mol. The topological polar surface area (TPSA) is 108 Å². The van der Waals surface area contributed by atoms with Crippen molar-refractivity contribution in [3.05, 3.63) is 18.5 Å². The standard InChI is InChI=1S/C15H22N4O4/c16-13(20)9-23-12-8-22-7-2-11(12)18-14(21)15(3-4-15)10-19-6-1-5-17-19/h1,5-6,11-12H,2-4,7-10H2,(H2,16,20)(H,18,21)/t11-,12-/m1/s1. The van der Waals surface area contributed by atoms with Gasteiger partial charge >= 0.3 is 0 Å². The fourth-order valence-corrected chi connectivity index (χ4v) is 2.86. The third kappa shape index (κ3) is 3.89. The summed E-state index contributed by atoms with van der Waals surface area (Å²) in [5.74, 6) is -0.509. The minimum atomic E-state index is -0.530. The molecule has 126 valence electrons. The molecule has 0 bridgehead atoms. The summed E-state index contributed by atoms with van der Waals surface area (Å²) in [6, 6.07) is 1.69. The van der Waals surface area contributed by atoms with Crippen LogP contribution in [-0.4, -0.2) is 53.6 Å². The fraction of sp³-hybridized carbons (Fsp3) is 0.667. The van der Waals surface area contributed by atoms with Crippen molar-refractivity contribution >= 4 is 11.8 Å². The Balaban J connectivity index is 1.58. The minimum Gasteiger partial charge on any atom is -0.379 e. The Kier molecular flexibility index (Phi) is 4.63. The van der Waals surface area contributed by atoms with Gasteiger partial charge in [-0.15, -0.1) is 0 Å². The first-order valence-corrected chi connectivity index (χ1v) is 7.85. The zero-order valence-corrected chi connectivity index (χ0v) is 12.9. The van der Waals surface area contributed by atoms with Gasteiger partial charge in [-0.1, -0.05) is 0 Å². The number of amides is 2. The third-order valence-electron chi connectivity index (χ3n) is 4.42. The Labute approximate surface area is 134 Å². The summed E-state index contributed by atoms with van der Waals surface area (Å²) < 4.78 is 12.6. The van der Waals surface area contributed by atoms with E-state index in [1.165, 1.54) is 0 Å². The van der Waals surface area contributed by atoms with Crippen molar-refractivity contribution in [1.82, 2.24) is 15.1 Å². The molecule has 0 unspecified atom stereocenters. The van der Waals surface area contributed by atoms with E-state index in [2.05, 4.69) is 10.4 Å². The predicted octanol–water partition coefficient (Wildman–Crippen LogP) is -0.561. The van der Waals surface area contributed by atoms with Gasteiger partial charge in [0.25, 0.3) is 0 Å². The molecule has 1 saturated carbocycles. The maximum absolute atomic E-state index is 12.7. The Morgan fingerprint density at radius 1 is 1.48 bits per heavy atom. The lowest BCUT2D eigenvalue weighted by Gasteiger charge is -2.33. The van der Waals surface area contributed by atoms with E-state index in [4.69, 9.17) is 15.2 Å². The van der Waals surface area contributed by atoms with E-state index in [0.717, 1.165) is 12.8 Å². The molecule has 1 aromatic heterocycles. The lowest BCUT2D eigenvalue weighted by atomic mass is 10.0. The van der Waals surface area contributed by atoms with Crippen LogP contribution < -0.4 is 11.1 Å². The maximum Gasteiger partial charge on any atom is 0.243 e. The summed E-state index contributed by atoms with van der Waals surface area (Å²) >= 11 is 0. The van der Waals surface area contributed by atoms with Gasteiger partial charge in [-0.2, -0.15) is 5.10 Å². The quantitative estimate of drug-likeness (QED) is 0.699. The number of carbonyl (C=O) groups excluding carboxylic acids is 2. The highest BCUT2D eigenvalue weighted by molar-refractivity contribution is 5.85. The van der Waals surface area contributed by atoms with Gasteiger partial charge in [-0.05, 0) is 25.3 Å². The van der Waals surface area contributed by atoms with Crippen molar-refractivity contribution in [2.45, 2.75) is 38.0 Å². The number of primary amides is 1. The number of ether oxygens (including phenoxy) is 2. The van der Waals surface area contributed by atoms with E-state index in [0.29, 0.717) is 26.2 Å². The van der Waals surface area contributed by atoms with E-state index in [1.807, 2.05) is 12.3 Å². The molecule has 0 radical (unpaired) electrons. The van der Waals surface area contributed by atoms with Gasteiger partial charge in [0.1, 0.15) is 12.7 Å². The Morgan fingerprint density at radius 2 is 2.30 bits per heavy atom. The minimum absolute atomic E-state index is 0.0209. The van der Waals surface area contributed by atoms with Crippen molar-refractivity contribution in [1.29, 1.82) is 0 Å². The van der Waals surface area contributed by atoms with Crippen LogP contribution in [0.2, 0.25) is 0 Å². The van der Waals surface area contributed by atoms with Crippen LogP contribution in [0.3, 0.4) is 0 Å². The number of aromatic nitrogens is 2. The number of hydrogen-bond donors (Lipinski definition) is 2. The second-order valence-corrected chi connectivity index (χ2v) is 6.24. The summed E-state index contributed by atoms with van der Waals surface area (Å²) in [6.45, 7) is 1.33. The first kappa shape index (κ1) is 15.9. The van der Waals surface area contributed by atoms with Crippen LogP contribution in [0.15, 0.2) is 18.5 Å². The largest absolute Gasteiger partial charge is 0.379 e. The highest BCUT2D eigenvalue weighted by Gasteiger charge is 2.51. The molecule has 8 heteroatoms. The van der Waals surface area contributed by atoms with Crippen LogP contribution in [0.4, 0.5) is 0 Å². The molecular formula is C15H22N4O4. The summed E-state index contributed by atoms with van der Waals surface area (Å²) in [5, 5.41) is 7.25. The van der Waals surface area contributed by atoms with Crippen molar-refractivity contribution in [2.24, 2.45) is 11.1 Å². The molecule has 2 aliphatic rings. The molecule has 1 aliphatic carbocycles. The Bertz CT molecular complexity index is 556. The highest BCUT2D eigenvalue weighted by Crippen LogP contribution is 2.47. The van der Waals surface area contributed by atoms with Crippen molar-refractivity contribution < 1.29 is 19.1 Å². The van der Waals surface area contributed by atoms with Crippen LogP contribution in [0.25, 0.3) is 0 Å². The number of nitrogens with zero attached hydrogens (tertiary/aromatic N) is 2. The van der Waals surface area contributed by atoms with Crippen LogP contribution >= 0.6 is 0 Å². The molecule has 3 N–H and O–H groups in total. The molecule has 2 atom stereocenters. The lowest BCUT2D eigenvalue weighted by molar-refractivity contribution is -0.135. The number of nitrogens with two attached hydrogens (primary N) is 1. The van der Waals surface area contributed by atoms with Crippen LogP contribution in [0, 0.1) is 5.41 Å². The third-order valence-corrected chi connectivity index (χ3v) is 4.42. The molecular weight excluding hydrogens is 300 g/mol. The lowest BCUT2D eigenvalue weighted by Crippen LogP contribution is -2.52. The smallest absolute Gasteiger partial charge is 0.243 e. The van der Waals surface area contributed by atoms with Gasteiger partial charge in [0.15, 0.2) is 0 Å². The molecule has 0 aromatic carbocycles. The number of rotatable bonds is 7. The normalized spacial score (nSPS) is 25.7. The van der Waals surface area contributed by atoms with E-state index in [-0.39, 0.29) is 30.1 Å². The molecule has 2 fully saturated rings. The summed E-state index contributed by atoms with van der Waals surface area (Å²) in [7, 11) is 0. The zero-order valence-electron chi connectivity index (χ0n) is 12.9. The second-order valence-electron chi connectivity index (χ2n) is 6.24. The Morgan fingerprint density at radius 3 is 2.96 bits per heavy atom. The van der Waals surface area contributed by atoms with Crippen LogP contribution in [-0.2, 0) is 25.6 Å². The number of hydrogen-bond acceptors (Lipinski definition) is 5. The monoisotopic (exact) mass is 322 g/mol. The molecule has 1 aliphatic heterocycles. The van der Waals surface area contributed by atoms with Crippen LogP contribution in [0.1, 0.15) is 19.3 Å².